The fraction of sp³-hybridized carbons (Fsp3) is 0.389. The zero-order valence-electron chi connectivity index (χ0n) is 13.6. The molecular formula is C18H19F3O3. The van der Waals surface area contributed by atoms with E-state index in [1.807, 2.05) is 0 Å². The second kappa shape index (κ2) is 6.43. The molecule has 0 unspecified atom stereocenters. The van der Waals surface area contributed by atoms with Gasteiger partial charge in [0.05, 0.1) is 0 Å². The molecule has 6 heteroatoms. The van der Waals surface area contributed by atoms with Crippen molar-refractivity contribution in [2.24, 2.45) is 5.92 Å². The summed E-state index contributed by atoms with van der Waals surface area (Å²) in [6.07, 6.45) is -6.98. The number of ether oxygens (including phenoxy) is 1. The van der Waals surface area contributed by atoms with E-state index in [1.54, 1.807) is 36.4 Å². The van der Waals surface area contributed by atoms with Gasteiger partial charge in [-0.3, -0.25) is 4.79 Å². The van der Waals surface area contributed by atoms with Crippen molar-refractivity contribution in [1.29, 1.82) is 0 Å². The third-order valence-electron chi connectivity index (χ3n) is 3.47. The number of aliphatic hydroxyl groups excluding tert-OH is 1. The van der Waals surface area contributed by atoms with Gasteiger partial charge < -0.3 is 9.84 Å². The molecule has 0 aliphatic carbocycles. The molecule has 0 saturated carbocycles. The van der Waals surface area contributed by atoms with Crippen LogP contribution in [-0.4, -0.2) is 22.9 Å². The first-order chi connectivity index (χ1) is 11.0. The molecule has 0 aromatic heterocycles. The quantitative estimate of drug-likeness (QED) is 0.843. The van der Waals surface area contributed by atoms with Crippen LogP contribution < -0.4 is 0 Å². The molecule has 0 aliphatic rings. The molecule has 0 saturated heterocycles. The topological polar surface area (TPSA) is 46.5 Å². The van der Waals surface area contributed by atoms with Gasteiger partial charge in [0.15, 0.2) is 5.92 Å². The normalized spacial score (nSPS) is 15.1. The highest BCUT2D eigenvalue weighted by Gasteiger charge is 2.52. The first-order valence-corrected chi connectivity index (χ1v) is 7.46. The number of benzene rings is 2. The number of carbonyl (C=O) groups is 1. The molecule has 0 fully saturated rings. The molecule has 24 heavy (non-hydrogen) atoms. The summed E-state index contributed by atoms with van der Waals surface area (Å²) in [5.74, 6) is -4.14. The summed E-state index contributed by atoms with van der Waals surface area (Å²) in [5.41, 5.74) is -1.04. The van der Waals surface area contributed by atoms with Crippen molar-refractivity contribution in [2.75, 3.05) is 0 Å². The monoisotopic (exact) mass is 340 g/mol. The Bertz CT molecular complexity index is 727. The van der Waals surface area contributed by atoms with Crippen molar-refractivity contribution in [2.45, 2.75) is 38.7 Å². The van der Waals surface area contributed by atoms with E-state index in [1.165, 1.54) is 26.8 Å². The minimum absolute atomic E-state index is 0.0429. The van der Waals surface area contributed by atoms with Gasteiger partial charge in [-0.15, -0.1) is 0 Å². The highest BCUT2D eigenvalue weighted by molar-refractivity contribution is 5.87. The second-order valence-electron chi connectivity index (χ2n) is 6.57. The van der Waals surface area contributed by atoms with Crippen LogP contribution in [0.5, 0.6) is 0 Å². The van der Waals surface area contributed by atoms with Crippen molar-refractivity contribution in [1.82, 2.24) is 0 Å². The van der Waals surface area contributed by atoms with Gasteiger partial charge >= 0.3 is 12.1 Å². The zero-order chi connectivity index (χ0) is 18.1. The standard InChI is InChI=1S/C18H19F3O3/c1-17(2,3)24-16(23)14(18(19,20)21)15(22)13-10-6-8-11-7-4-5-9-12(11)13/h4-10,14-15,22H,1-3H3/t14-,15-/m0/s1. The largest absolute Gasteiger partial charge is 0.459 e. The van der Waals surface area contributed by atoms with Crippen LogP contribution in [0.1, 0.15) is 32.4 Å². The lowest BCUT2D eigenvalue weighted by Gasteiger charge is -2.28. The van der Waals surface area contributed by atoms with Gasteiger partial charge in [0, 0.05) is 0 Å². The van der Waals surface area contributed by atoms with E-state index in [4.69, 9.17) is 4.74 Å². The Morgan fingerprint density at radius 2 is 1.62 bits per heavy atom. The minimum Gasteiger partial charge on any atom is -0.459 e. The molecule has 0 spiro atoms. The Labute approximate surface area is 138 Å². The van der Waals surface area contributed by atoms with Crippen molar-refractivity contribution >= 4 is 16.7 Å². The Morgan fingerprint density at radius 3 is 2.21 bits per heavy atom. The first-order valence-electron chi connectivity index (χ1n) is 7.46. The fourth-order valence-electron chi connectivity index (χ4n) is 2.49. The molecule has 1 N–H and O–H groups in total. The SMILES string of the molecule is CC(C)(C)OC(=O)[C@H]([C@@H](O)c1cccc2ccccc12)C(F)(F)F. The molecule has 2 atom stereocenters. The molecule has 0 amide bonds. The molecule has 0 heterocycles. The van der Waals surface area contributed by atoms with E-state index >= 15 is 0 Å². The highest BCUT2D eigenvalue weighted by atomic mass is 19.4. The summed E-state index contributed by atoms with van der Waals surface area (Å²) in [6.45, 7) is 4.42. The lowest BCUT2D eigenvalue weighted by atomic mass is 9.91. The number of halogens is 3. The average Bonchev–Trinajstić information content (AvgIpc) is 2.43. The van der Waals surface area contributed by atoms with Crippen LogP contribution in [0.25, 0.3) is 10.8 Å². The van der Waals surface area contributed by atoms with Crippen LogP contribution in [-0.2, 0) is 9.53 Å². The molecule has 0 aliphatic heterocycles. The smallest absolute Gasteiger partial charge is 0.405 e. The number of esters is 1. The van der Waals surface area contributed by atoms with Gasteiger partial charge in [-0.2, -0.15) is 13.2 Å². The minimum atomic E-state index is -4.93. The van der Waals surface area contributed by atoms with Crippen molar-refractivity contribution in [3.8, 4) is 0 Å². The second-order valence-corrected chi connectivity index (χ2v) is 6.57. The van der Waals surface area contributed by atoms with Crippen molar-refractivity contribution < 1.29 is 27.8 Å². The number of rotatable bonds is 3. The maximum atomic E-state index is 13.4. The summed E-state index contributed by atoms with van der Waals surface area (Å²) in [6, 6.07) is 11.4. The van der Waals surface area contributed by atoms with E-state index in [2.05, 4.69) is 0 Å². The van der Waals surface area contributed by atoms with Crippen LogP contribution >= 0.6 is 0 Å². The summed E-state index contributed by atoms with van der Waals surface area (Å²) >= 11 is 0. The van der Waals surface area contributed by atoms with Gasteiger partial charge in [-0.1, -0.05) is 42.5 Å². The molecule has 2 aromatic rings. The van der Waals surface area contributed by atoms with Crippen LogP contribution in [0.4, 0.5) is 13.2 Å². The maximum absolute atomic E-state index is 13.4. The van der Waals surface area contributed by atoms with E-state index in [0.29, 0.717) is 10.8 Å². The van der Waals surface area contributed by atoms with Gasteiger partial charge in [-0.25, -0.2) is 0 Å². The Balaban J connectivity index is 2.48. The van der Waals surface area contributed by atoms with Gasteiger partial charge in [0.1, 0.15) is 11.7 Å². The lowest BCUT2D eigenvalue weighted by Crippen LogP contribution is -2.40. The number of hydrogen-bond donors (Lipinski definition) is 1. The lowest BCUT2D eigenvalue weighted by molar-refractivity contribution is -0.221. The predicted octanol–water partition coefficient (Wildman–Crippen LogP) is 4.39. The van der Waals surface area contributed by atoms with Crippen LogP contribution in [0.2, 0.25) is 0 Å². The van der Waals surface area contributed by atoms with E-state index in [-0.39, 0.29) is 5.56 Å². The van der Waals surface area contributed by atoms with Crippen molar-refractivity contribution in [3.63, 3.8) is 0 Å². The van der Waals surface area contributed by atoms with Gasteiger partial charge in [0.25, 0.3) is 0 Å². The molecule has 2 aromatic carbocycles. The van der Waals surface area contributed by atoms with Crippen molar-refractivity contribution in [3.05, 3.63) is 48.0 Å². The predicted molar refractivity (Wildman–Crippen MR) is 84.3 cm³/mol. The van der Waals surface area contributed by atoms with E-state index in [9.17, 15) is 23.1 Å². The number of fused-ring (bicyclic) bond motifs is 1. The molecule has 2 rings (SSSR count). The fourth-order valence-corrected chi connectivity index (χ4v) is 2.49. The number of carbonyl (C=O) groups excluding carboxylic acids is 1. The Kier molecular flexibility index (Phi) is 4.90. The van der Waals surface area contributed by atoms with Gasteiger partial charge in [-0.05, 0) is 37.1 Å². The molecule has 130 valence electrons. The summed E-state index contributed by atoms with van der Waals surface area (Å²) in [7, 11) is 0. The van der Waals surface area contributed by atoms with E-state index in [0.717, 1.165) is 0 Å². The van der Waals surface area contributed by atoms with E-state index < -0.39 is 29.8 Å². The summed E-state index contributed by atoms with van der Waals surface area (Å²) in [5, 5.41) is 11.5. The third-order valence-corrected chi connectivity index (χ3v) is 3.47. The van der Waals surface area contributed by atoms with Crippen LogP contribution in [0.15, 0.2) is 42.5 Å². The highest BCUT2D eigenvalue weighted by Crippen LogP contribution is 2.39. The third kappa shape index (κ3) is 4.06. The average molecular weight is 340 g/mol. The Morgan fingerprint density at radius 1 is 1.04 bits per heavy atom. The molecule has 0 radical (unpaired) electrons. The molecule has 0 bridgehead atoms. The summed E-state index contributed by atoms with van der Waals surface area (Å²) in [4.78, 5) is 12.1. The first kappa shape index (κ1) is 18.3. The maximum Gasteiger partial charge on any atom is 0.405 e. The number of hydrogen-bond acceptors (Lipinski definition) is 3. The Hall–Kier alpha value is -2.08. The molecular weight excluding hydrogens is 321 g/mol. The number of alkyl halides is 3. The number of aliphatic hydroxyl groups is 1. The summed E-state index contributed by atoms with van der Waals surface area (Å²) < 4.78 is 45.1. The zero-order valence-corrected chi connectivity index (χ0v) is 13.6. The van der Waals surface area contributed by atoms with Crippen LogP contribution in [0, 0.1) is 5.92 Å². The molecule has 3 nitrogen and oxygen atoms in total. The van der Waals surface area contributed by atoms with Gasteiger partial charge in [0.2, 0.25) is 0 Å². The van der Waals surface area contributed by atoms with Crippen LogP contribution in [0.3, 0.4) is 0 Å².